The van der Waals surface area contributed by atoms with Crippen molar-refractivity contribution in [2.24, 2.45) is 0 Å². The SMILES string of the molecule is Cc1cc(Nc2c(F)cccc2Br)c(C#N)c(C)n1. The van der Waals surface area contributed by atoms with Gasteiger partial charge in [0.2, 0.25) is 0 Å². The van der Waals surface area contributed by atoms with Crippen molar-refractivity contribution in [1.82, 2.24) is 4.98 Å². The third-order valence-electron chi connectivity index (χ3n) is 2.66. The first-order valence-electron chi connectivity index (χ1n) is 5.62. The Kier molecular flexibility index (Phi) is 3.82. The van der Waals surface area contributed by atoms with E-state index in [1.165, 1.54) is 6.07 Å². The van der Waals surface area contributed by atoms with Crippen molar-refractivity contribution in [3.8, 4) is 6.07 Å². The number of nitrogens with one attached hydrogen (secondary N) is 1. The van der Waals surface area contributed by atoms with E-state index in [1.54, 1.807) is 25.1 Å². The Morgan fingerprint density at radius 3 is 2.74 bits per heavy atom. The third-order valence-corrected chi connectivity index (χ3v) is 3.32. The summed E-state index contributed by atoms with van der Waals surface area (Å²) in [4.78, 5) is 4.22. The molecule has 19 heavy (non-hydrogen) atoms. The van der Waals surface area contributed by atoms with Gasteiger partial charge in [0.25, 0.3) is 0 Å². The molecule has 0 bridgehead atoms. The van der Waals surface area contributed by atoms with E-state index >= 15 is 0 Å². The number of nitriles is 1. The quantitative estimate of drug-likeness (QED) is 0.901. The normalized spacial score (nSPS) is 10.1. The third kappa shape index (κ3) is 2.74. The van der Waals surface area contributed by atoms with Gasteiger partial charge in [-0.15, -0.1) is 0 Å². The first kappa shape index (κ1) is 13.5. The highest BCUT2D eigenvalue weighted by molar-refractivity contribution is 9.10. The summed E-state index contributed by atoms with van der Waals surface area (Å²) < 4.78 is 14.4. The van der Waals surface area contributed by atoms with Gasteiger partial charge in [-0.05, 0) is 48.0 Å². The fourth-order valence-electron chi connectivity index (χ4n) is 1.82. The second-order valence-corrected chi connectivity index (χ2v) is 4.96. The molecule has 0 atom stereocenters. The Morgan fingerprint density at radius 1 is 1.37 bits per heavy atom. The van der Waals surface area contributed by atoms with Crippen LogP contribution < -0.4 is 5.32 Å². The van der Waals surface area contributed by atoms with Gasteiger partial charge >= 0.3 is 0 Å². The van der Waals surface area contributed by atoms with Crippen molar-refractivity contribution in [2.45, 2.75) is 13.8 Å². The maximum atomic E-state index is 13.8. The number of halogens is 2. The second-order valence-electron chi connectivity index (χ2n) is 4.11. The number of pyridine rings is 1. The Hall–Kier alpha value is -1.93. The van der Waals surface area contributed by atoms with Gasteiger partial charge in [-0.2, -0.15) is 5.26 Å². The molecular formula is C14H11BrFN3. The summed E-state index contributed by atoms with van der Waals surface area (Å²) in [6.07, 6.45) is 0. The molecule has 2 rings (SSSR count). The summed E-state index contributed by atoms with van der Waals surface area (Å²) in [6.45, 7) is 3.59. The average molecular weight is 320 g/mol. The first-order chi connectivity index (χ1) is 9.02. The van der Waals surface area contributed by atoms with Gasteiger partial charge in [0.05, 0.1) is 22.6 Å². The van der Waals surface area contributed by atoms with Crippen LogP contribution in [0.4, 0.5) is 15.8 Å². The molecule has 1 aromatic heterocycles. The second kappa shape index (κ2) is 5.37. The number of hydrogen-bond acceptors (Lipinski definition) is 3. The topological polar surface area (TPSA) is 48.7 Å². The van der Waals surface area contributed by atoms with Gasteiger partial charge in [0.1, 0.15) is 11.9 Å². The van der Waals surface area contributed by atoms with Crippen LogP contribution in [0.2, 0.25) is 0 Å². The smallest absolute Gasteiger partial charge is 0.147 e. The van der Waals surface area contributed by atoms with Crippen LogP contribution in [-0.2, 0) is 0 Å². The van der Waals surface area contributed by atoms with Crippen LogP contribution in [0.3, 0.4) is 0 Å². The van der Waals surface area contributed by atoms with Crippen molar-refractivity contribution >= 4 is 27.3 Å². The highest BCUT2D eigenvalue weighted by Crippen LogP contribution is 2.30. The van der Waals surface area contributed by atoms with Gasteiger partial charge in [-0.1, -0.05) is 6.07 Å². The zero-order valence-electron chi connectivity index (χ0n) is 10.5. The van der Waals surface area contributed by atoms with Crippen LogP contribution >= 0.6 is 15.9 Å². The molecule has 96 valence electrons. The van der Waals surface area contributed by atoms with E-state index < -0.39 is 0 Å². The number of nitrogens with zero attached hydrogens (tertiary/aromatic N) is 2. The van der Waals surface area contributed by atoms with Crippen molar-refractivity contribution in [2.75, 3.05) is 5.32 Å². The summed E-state index contributed by atoms with van der Waals surface area (Å²) in [5.41, 5.74) is 2.67. The Bertz CT molecular complexity index is 657. The molecule has 2 aromatic rings. The van der Waals surface area contributed by atoms with Crippen molar-refractivity contribution < 1.29 is 4.39 Å². The summed E-state index contributed by atoms with van der Waals surface area (Å²) >= 11 is 3.29. The summed E-state index contributed by atoms with van der Waals surface area (Å²) in [5, 5.41) is 12.1. The van der Waals surface area contributed by atoms with Crippen LogP contribution in [0.25, 0.3) is 0 Å². The van der Waals surface area contributed by atoms with Gasteiger partial charge in [0, 0.05) is 10.2 Å². The van der Waals surface area contributed by atoms with Crippen LogP contribution in [0.5, 0.6) is 0 Å². The maximum Gasteiger partial charge on any atom is 0.147 e. The molecule has 0 radical (unpaired) electrons. The number of anilines is 2. The molecule has 0 aliphatic carbocycles. The number of aromatic nitrogens is 1. The fraction of sp³-hybridized carbons (Fsp3) is 0.143. The van der Waals surface area contributed by atoms with Crippen molar-refractivity contribution in [1.29, 1.82) is 5.26 Å². The minimum atomic E-state index is -0.384. The van der Waals surface area contributed by atoms with E-state index in [-0.39, 0.29) is 5.82 Å². The summed E-state index contributed by atoms with van der Waals surface area (Å²) in [7, 11) is 0. The predicted molar refractivity (Wildman–Crippen MR) is 75.8 cm³/mol. The van der Waals surface area contributed by atoms with E-state index in [2.05, 4.69) is 32.3 Å². The minimum Gasteiger partial charge on any atom is -0.351 e. The van der Waals surface area contributed by atoms with Crippen molar-refractivity contribution in [3.63, 3.8) is 0 Å². The van der Waals surface area contributed by atoms with Crippen LogP contribution in [0.1, 0.15) is 17.0 Å². The minimum absolute atomic E-state index is 0.309. The number of benzene rings is 1. The summed E-state index contributed by atoms with van der Waals surface area (Å²) in [5.74, 6) is -0.384. The molecule has 1 aromatic carbocycles. The molecule has 0 saturated heterocycles. The maximum absolute atomic E-state index is 13.8. The lowest BCUT2D eigenvalue weighted by Crippen LogP contribution is -2.01. The molecule has 5 heteroatoms. The molecule has 0 saturated carbocycles. The number of para-hydroxylation sites is 1. The van der Waals surface area contributed by atoms with E-state index in [4.69, 9.17) is 0 Å². The van der Waals surface area contributed by atoms with Gasteiger partial charge in [-0.25, -0.2) is 4.39 Å². The van der Waals surface area contributed by atoms with E-state index in [1.807, 2.05) is 6.92 Å². The number of rotatable bonds is 2. The van der Waals surface area contributed by atoms with E-state index in [9.17, 15) is 9.65 Å². The highest BCUT2D eigenvalue weighted by Gasteiger charge is 2.12. The monoisotopic (exact) mass is 319 g/mol. The Balaban J connectivity index is 2.53. The molecule has 1 N–H and O–H groups in total. The zero-order chi connectivity index (χ0) is 14.0. The lowest BCUT2D eigenvalue weighted by molar-refractivity contribution is 0.631. The lowest BCUT2D eigenvalue weighted by Gasteiger charge is -2.12. The summed E-state index contributed by atoms with van der Waals surface area (Å²) in [6, 6.07) is 8.52. The largest absolute Gasteiger partial charge is 0.351 e. The molecule has 0 unspecified atom stereocenters. The van der Waals surface area contributed by atoms with Gasteiger partial charge in [-0.3, -0.25) is 4.98 Å². The molecular weight excluding hydrogens is 309 g/mol. The molecule has 3 nitrogen and oxygen atoms in total. The molecule has 0 aliphatic rings. The Labute approximate surface area is 119 Å². The fourth-order valence-corrected chi connectivity index (χ4v) is 2.26. The van der Waals surface area contributed by atoms with E-state index in [0.717, 1.165) is 5.69 Å². The molecule has 0 aliphatic heterocycles. The predicted octanol–water partition coefficient (Wildman–Crippen LogP) is 4.22. The zero-order valence-corrected chi connectivity index (χ0v) is 12.0. The number of aryl methyl sites for hydroxylation is 2. The molecule has 0 amide bonds. The highest BCUT2D eigenvalue weighted by atomic mass is 79.9. The van der Waals surface area contributed by atoms with Crippen molar-refractivity contribution in [3.05, 3.63) is 51.5 Å². The first-order valence-corrected chi connectivity index (χ1v) is 6.41. The van der Waals surface area contributed by atoms with Crippen LogP contribution in [0, 0.1) is 31.0 Å². The molecule has 0 fully saturated rings. The van der Waals surface area contributed by atoms with E-state index in [0.29, 0.717) is 27.1 Å². The Morgan fingerprint density at radius 2 is 2.11 bits per heavy atom. The van der Waals surface area contributed by atoms with Gasteiger partial charge < -0.3 is 5.32 Å². The van der Waals surface area contributed by atoms with Crippen LogP contribution in [-0.4, -0.2) is 4.98 Å². The number of hydrogen-bond donors (Lipinski definition) is 1. The standard InChI is InChI=1S/C14H11BrFN3/c1-8-6-13(10(7-17)9(2)18-8)19-14-11(15)4-3-5-12(14)16/h3-6H,1-2H3,(H,18,19). The molecule has 1 heterocycles. The van der Waals surface area contributed by atoms with Gasteiger partial charge in [0.15, 0.2) is 0 Å². The average Bonchev–Trinajstić information content (AvgIpc) is 2.33. The van der Waals surface area contributed by atoms with Crippen LogP contribution in [0.15, 0.2) is 28.7 Å². The molecule has 0 spiro atoms. The lowest BCUT2D eigenvalue weighted by atomic mass is 10.1.